The minimum Gasteiger partial charge on any atom is -0.319 e. The number of imidazole rings is 1. The number of carbonyl (C=O) groups excluding carboxylic acids is 2. The molecule has 0 fully saturated rings. The van der Waals surface area contributed by atoms with Gasteiger partial charge in [-0.3, -0.25) is 14.0 Å². The highest BCUT2D eigenvalue weighted by Crippen LogP contribution is 2.19. The summed E-state index contributed by atoms with van der Waals surface area (Å²) in [5.41, 5.74) is 1.35. The van der Waals surface area contributed by atoms with Crippen LogP contribution in [0.5, 0.6) is 0 Å². The van der Waals surface area contributed by atoms with Crippen LogP contribution in [-0.4, -0.2) is 21.2 Å². The number of benzene rings is 2. The van der Waals surface area contributed by atoms with Crippen LogP contribution >= 0.6 is 0 Å². The molecule has 2 N–H and O–H groups in total. The molecule has 2 amide bonds. The van der Waals surface area contributed by atoms with Crippen molar-refractivity contribution in [1.29, 1.82) is 5.26 Å². The lowest BCUT2D eigenvalue weighted by molar-refractivity contribution is 0.101. The van der Waals surface area contributed by atoms with Crippen LogP contribution in [-0.2, 0) is 0 Å². The Balaban J connectivity index is 1.66. The predicted octanol–water partition coefficient (Wildman–Crippen LogP) is 3.85. The van der Waals surface area contributed by atoms with Gasteiger partial charge in [-0.05, 0) is 48.5 Å². The summed E-state index contributed by atoms with van der Waals surface area (Å²) in [6.07, 6.45) is 1.61. The molecule has 0 aliphatic rings. The molecule has 146 valence electrons. The summed E-state index contributed by atoms with van der Waals surface area (Å²) in [5, 5.41) is 14.0. The Morgan fingerprint density at radius 3 is 2.40 bits per heavy atom. The highest BCUT2D eigenvalue weighted by molar-refractivity contribution is 6.10. The normalized spacial score (nSPS) is 10.4. The number of nitriles is 1. The number of aromatic nitrogens is 2. The molecule has 0 unspecified atom stereocenters. The van der Waals surface area contributed by atoms with Crippen LogP contribution in [0, 0.1) is 17.1 Å². The van der Waals surface area contributed by atoms with E-state index in [0.717, 1.165) is 0 Å². The molecule has 0 saturated carbocycles. The van der Waals surface area contributed by atoms with Gasteiger partial charge in [0, 0.05) is 11.9 Å². The van der Waals surface area contributed by atoms with Crippen molar-refractivity contribution < 1.29 is 14.0 Å². The zero-order valence-corrected chi connectivity index (χ0v) is 15.5. The summed E-state index contributed by atoms with van der Waals surface area (Å²) in [7, 11) is 0. The van der Waals surface area contributed by atoms with Crippen LogP contribution in [0.25, 0.3) is 5.52 Å². The van der Waals surface area contributed by atoms with Crippen molar-refractivity contribution in [2.75, 3.05) is 10.6 Å². The summed E-state index contributed by atoms with van der Waals surface area (Å²) in [6, 6.07) is 19.2. The Hall–Kier alpha value is -4.51. The number of hydrogen-bond donors (Lipinski definition) is 2. The van der Waals surface area contributed by atoms with Crippen LogP contribution in [0.2, 0.25) is 0 Å². The zero-order valence-electron chi connectivity index (χ0n) is 15.5. The van der Waals surface area contributed by atoms with E-state index in [0.29, 0.717) is 16.8 Å². The highest BCUT2D eigenvalue weighted by Gasteiger charge is 2.22. The second kappa shape index (κ2) is 7.85. The maximum atomic E-state index is 13.9. The quantitative estimate of drug-likeness (QED) is 0.544. The first-order chi connectivity index (χ1) is 14.6. The van der Waals surface area contributed by atoms with E-state index in [4.69, 9.17) is 5.26 Å². The molecule has 0 radical (unpaired) electrons. The van der Waals surface area contributed by atoms with Gasteiger partial charge in [0.2, 0.25) is 5.82 Å². The van der Waals surface area contributed by atoms with Crippen molar-refractivity contribution in [1.82, 2.24) is 9.38 Å². The van der Waals surface area contributed by atoms with Crippen molar-refractivity contribution in [3.63, 3.8) is 0 Å². The highest BCUT2D eigenvalue weighted by atomic mass is 19.1. The second-order valence-corrected chi connectivity index (χ2v) is 6.32. The average molecular weight is 399 g/mol. The molecule has 0 atom stereocenters. The summed E-state index contributed by atoms with van der Waals surface area (Å²) in [4.78, 5) is 29.7. The molecule has 0 spiro atoms. The number of pyridine rings is 1. The molecular formula is C22H14FN5O2. The standard InChI is InChI=1S/C22H14FN5O2/c23-16-5-1-2-6-17(16)26-21(29)19-18-7-3-4-12-28(18)20(27-19)22(30)25-15-10-8-14(13-24)9-11-15/h1-12H,(H,25,30)(H,26,29). The molecule has 4 aromatic rings. The van der Waals surface area contributed by atoms with Crippen LogP contribution in [0.15, 0.2) is 72.9 Å². The number of carbonyl (C=O) groups is 2. The van der Waals surface area contributed by atoms with Gasteiger partial charge in [-0.15, -0.1) is 0 Å². The number of nitrogens with zero attached hydrogens (tertiary/aromatic N) is 3. The minimum atomic E-state index is -0.638. The lowest BCUT2D eigenvalue weighted by atomic mass is 10.2. The van der Waals surface area contributed by atoms with E-state index in [9.17, 15) is 14.0 Å². The summed E-state index contributed by atoms with van der Waals surface area (Å²) >= 11 is 0. The average Bonchev–Trinajstić information content (AvgIpc) is 3.16. The summed E-state index contributed by atoms with van der Waals surface area (Å²) in [5.74, 6) is -1.76. The second-order valence-electron chi connectivity index (χ2n) is 6.32. The Morgan fingerprint density at radius 2 is 1.67 bits per heavy atom. The molecule has 8 heteroatoms. The lowest BCUT2D eigenvalue weighted by Gasteiger charge is -2.04. The van der Waals surface area contributed by atoms with E-state index in [2.05, 4.69) is 15.6 Å². The molecule has 2 aromatic carbocycles. The van der Waals surface area contributed by atoms with Crippen molar-refractivity contribution in [2.45, 2.75) is 0 Å². The summed E-state index contributed by atoms with van der Waals surface area (Å²) < 4.78 is 15.4. The Morgan fingerprint density at radius 1 is 0.933 bits per heavy atom. The predicted molar refractivity (Wildman–Crippen MR) is 109 cm³/mol. The number of nitrogens with one attached hydrogen (secondary N) is 2. The van der Waals surface area contributed by atoms with E-state index in [1.54, 1.807) is 54.7 Å². The van der Waals surface area contributed by atoms with Crippen LogP contribution in [0.1, 0.15) is 26.7 Å². The third-order valence-electron chi connectivity index (χ3n) is 4.36. The SMILES string of the molecule is N#Cc1ccc(NC(=O)c2nc(C(=O)Nc3ccccc3F)c3ccccn23)cc1. The van der Waals surface area contributed by atoms with E-state index < -0.39 is 17.6 Å². The van der Waals surface area contributed by atoms with Crippen molar-refractivity contribution >= 4 is 28.7 Å². The van der Waals surface area contributed by atoms with Crippen LogP contribution < -0.4 is 10.6 Å². The van der Waals surface area contributed by atoms with Crippen LogP contribution in [0.3, 0.4) is 0 Å². The van der Waals surface area contributed by atoms with Gasteiger partial charge in [-0.2, -0.15) is 5.26 Å². The monoisotopic (exact) mass is 399 g/mol. The van der Waals surface area contributed by atoms with Gasteiger partial charge in [-0.1, -0.05) is 18.2 Å². The fourth-order valence-corrected chi connectivity index (χ4v) is 2.92. The number of para-hydroxylation sites is 1. The molecule has 2 heterocycles. The number of amides is 2. The van der Waals surface area contributed by atoms with Gasteiger partial charge in [0.25, 0.3) is 11.8 Å². The van der Waals surface area contributed by atoms with Gasteiger partial charge < -0.3 is 10.6 Å². The molecule has 0 aliphatic carbocycles. The van der Waals surface area contributed by atoms with E-state index in [-0.39, 0.29) is 17.2 Å². The largest absolute Gasteiger partial charge is 0.319 e. The van der Waals surface area contributed by atoms with Crippen molar-refractivity contribution in [3.8, 4) is 6.07 Å². The molecule has 0 bridgehead atoms. The Bertz CT molecular complexity index is 1310. The fourth-order valence-electron chi connectivity index (χ4n) is 2.92. The minimum absolute atomic E-state index is 0.00589. The van der Waals surface area contributed by atoms with E-state index in [1.165, 1.54) is 22.6 Å². The first kappa shape index (κ1) is 18.8. The Kier molecular flexibility index (Phi) is 4.93. The number of fused-ring (bicyclic) bond motifs is 1. The van der Waals surface area contributed by atoms with Gasteiger partial charge in [0.05, 0.1) is 22.8 Å². The van der Waals surface area contributed by atoms with Gasteiger partial charge >= 0.3 is 0 Å². The third kappa shape index (κ3) is 3.59. The van der Waals surface area contributed by atoms with Crippen molar-refractivity contribution in [3.05, 3.63) is 95.8 Å². The maximum Gasteiger partial charge on any atom is 0.292 e. The third-order valence-corrected chi connectivity index (χ3v) is 4.36. The van der Waals surface area contributed by atoms with E-state index >= 15 is 0 Å². The van der Waals surface area contributed by atoms with Crippen LogP contribution in [0.4, 0.5) is 15.8 Å². The number of hydrogen-bond acceptors (Lipinski definition) is 4. The summed E-state index contributed by atoms with van der Waals surface area (Å²) in [6.45, 7) is 0. The molecular weight excluding hydrogens is 385 g/mol. The van der Waals surface area contributed by atoms with Gasteiger partial charge in [-0.25, -0.2) is 9.37 Å². The maximum absolute atomic E-state index is 13.9. The fraction of sp³-hybridized carbons (Fsp3) is 0. The smallest absolute Gasteiger partial charge is 0.292 e. The zero-order chi connectivity index (χ0) is 21.1. The molecule has 30 heavy (non-hydrogen) atoms. The van der Waals surface area contributed by atoms with Gasteiger partial charge in [0.15, 0.2) is 5.69 Å². The topological polar surface area (TPSA) is 99.3 Å². The lowest BCUT2D eigenvalue weighted by Crippen LogP contribution is -2.16. The van der Waals surface area contributed by atoms with E-state index in [1.807, 2.05) is 6.07 Å². The first-order valence-electron chi connectivity index (χ1n) is 8.91. The molecule has 7 nitrogen and oxygen atoms in total. The molecule has 0 saturated heterocycles. The van der Waals surface area contributed by atoms with Gasteiger partial charge in [0.1, 0.15) is 5.82 Å². The number of anilines is 2. The molecule has 4 rings (SSSR count). The number of rotatable bonds is 4. The molecule has 2 aromatic heterocycles. The molecule has 0 aliphatic heterocycles. The Labute approximate surface area is 170 Å². The van der Waals surface area contributed by atoms with Crippen molar-refractivity contribution in [2.24, 2.45) is 0 Å². The number of halogens is 1. The first-order valence-corrected chi connectivity index (χ1v) is 8.91.